The Morgan fingerprint density at radius 1 is 1.14 bits per heavy atom. The fourth-order valence-electron chi connectivity index (χ4n) is 3.33. The monoisotopic (exact) mass is 499 g/mol. The van der Waals surface area contributed by atoms with Crippen molar-refractivity contribution in [2.45, 2.75) is 32.2 Å². The summed E-state index contributed by atoms with van der Waals surface area (Å²) in [6.45, 7) is 1.95. The summed E-state index contributed by atoms with van der Waals surface area (Å²) < 4.78 is 50.4. The first-order valence-electron chi connectivity index (χ1n) is 11.0. The molecule has 0 amide bonds. The minimum absolute atomic E-state index is 0.0425. The van der Waals surface area contributed by atoms with E-state index < -0.39 is 23.6 Å². The number of ketones is 1. The molecule has 1 heterocycles. The molecule has 0 saturated carbocycles. The predicted octanol–water partition coefficient (Wildman–Crippen LogP) is 4.16. The summed E-state index contributed by atoms with van der Waals surface area (Å²) in [4.78, 5) is 21.1. The summed E-state index contributed by atoms with van der Waals surface area (Å²) in [7, 11) is 0. The van der Waals surface area contributed by atoms with Crippen LogP contribution < -0.4 is 15.8 Å². The molecule has 3 N–H and O–H groups in total. The second-order valence-electron chi connectivity index (χ2n) is 7.69. The molecular weight excluding hydrogens is 475 g/mol. The second-order valence-corrected chi connectivity index (χ2v) is 7.69. The first kappa shape index (κ1) is 26.4. The highest BCUT2D eigenvalue weighted by atomic mass is 19.4. The fourth-order valence-corrected chi connectivity index (χ4v) is 3.33. The van der Waals surface area contributed by atoms with E-state index in [0.29, 0.717) is 0 Å². The molecule has 0 unspecified atom stereocenters. The Morgan fingerprint density at radius 3 is 2.53 bits per heavy atom. The van der Waals surface area contributed by atoms with Crippen LogP contribution in [-0.2, 0) is 28.7 Å². The first-order chi connectivity index (χ1) is 17.2. The Bertz CT molecular complexity index is 1230. The van der Waals surface area contributed by atoms with E-state index >= 15 is 0 Å². The van der Waals surface area contributed by atoms with E-state index in [1.54, 1.807) is 6.92 Å². The summed E-state index contributed by atoms with van der Waals surface area (Å²) in [6, 6.07) is 14.6. The van der Waals surface area contributed by atoms with Gasteiger partial charge in [-0.15, -0.1) is 0 Å². The Kier molecular flexibility index (Phi) is 8.81. The Balaban J connectivity index is 1.86. The SMILES string of the molecule is CCOc1nc(N)nc(N[C@@H](COCc2ccccc2)C(=O)Cc2cccc(C(F)(F)F)c2)c1C#N. The van der Waals surface area contributed by atoms with Gasteiger partial charge in [-0.25, -0.2) is 0 Å². The van der Waals surface area contributed by atoms with Crippen LogP contribution in [0.4, 0.5) is 24.9 Å². The molecule has 3 aromatic rings. The molecule has 0 aliphatic carbocycles. The van der Waals surface area contributed by atoms with Gasteiger partial charge in [-0.05, 0) is 24.1 Å². The Morgan fingerprint density at radius 2 is 1.86 bits per heavy atom. The molecule has 0 bridgehead atoms. The molecular formula is C25H24F3N5O3. The number of nitrogens with two attached hydrogens (primary N) is 1. The van der Waals surface area contributed by atoms with Crippen LogP contribution in [0.25, 0.3) is 0 Å². The number of nitrogens with one attached hydrogen (secondary N) is 1. The Hall–Kier alpha value is -4.17. The maximum absolute atomic E-state index is 13.2. The maximum atomic E-state index is 13.2. The average molecular weight is 499 g/mol. The minimum Gasteiger partial charge on any atom is -0.477 e. The molecule has 188 valence electrons. The lowest BCUT2D eigenvalue weighted by molar-refractivity contribution is -0.137. The number of benzene rings is 2. The molecule has 0 radical (unpaired) electrons. The van der Waals surface area contributed by atoms with E-state index in [1.807, 2.05) is 36.4 Å². The zero-order valence-corrected chi connectivity index (χ0v) is 19.4. The molecule has 2 aromatic carbocycles. The fraction of sp³-hybridized carbons (Fsp3) is 0.280. The lowest BCUT2D eigenvalue weighted by Gasteiger charge is -2.20. The van der Waals surface area contributed by atoms with Crippen molar-refractivity contribution in [1.29, 1.82) is 5.26 Å². The summed E-state index contributed by atoms with van der Waals surface area (Å²) in [5.74, 6) is -0.751. The van der Waals surface area contributed by atoms with Gasteiger partial charge in [0, 0.05) is 6.42 Å². The topological polar surface area (TPSA) is 123 Å². The number of hydrogen-bond donors (Lipinski definition) is 2. The van der Waals surface area contributed by atoms with Crippen LogP contribution in [0.5, 0.6) is 5.88 Å². The number of carbonyl (C=O) groups is 1. The molecule has 0 spiro atoms. The number of nitriles is 1. The largest absolute Gasteiger partial charge is 0.477 e. The van der Waals surface area contributed by atoms with Crippen molar-refractivity contribution in [2.75, 3.05) is 24.3 Å². The normalized spacial score (nSPS) is 12.0. The van der Waals surface area contributed by atoms with Crippen molar-refractivity contribution in [3.8, 4) is 11.9 Å². The number of carbonyl (C=O) groups excluding carboxylic acids is 1. The highest BCUT2D eigenvalue weighted by molar-refractivity contribution is 5.89. The maximum Gasteiger partial charge on any atom is 0.416 e. The number of nitrogen functional groups attached to an aromatic ring is 1. The summed E-state index contributed by atoms with van der Waals surface area (Å²) in [5.41, 5.74) is 5.88. The zero-order chi connectivity index (χ0) is 26.1. The van der Waals surface area contributed by atoms with Gasteiger partial charge in [0.15, 0.2) is 17.2 Å². The number of aromatic nitrogens is 2. The zero-order valence-electron chi connectivity index (χ0n) is 19.4. The van der Waals surface area contributed by atoms with Gasteiger partial charge in [0.05, 0.1) is 25.4 Å². The van der Waals surface area contributed by atoms with E-state index in [4.69, 9.17) is 15.2 Å². The predicted molar refractivity (Wildman–Crippen MR) is 126 cm³/mol. The van der Waals surface area contributed by atoms with Crippen molar-refractivity contribution in [3.63, 3.8) is 0 Å². The number of hydrogen-bond acceptors (Lipinski definition) is 8. The summed E-state index contributed by atoms with van der Waals surface area (Å²) in [5, 5.41) is 12.5. The average Bonchev–Trinajstić information content (AvgIpc) is 2.84. The molecule has 0 fully saturated rings. The quantitative estimate of drug-likeness (QED) is 0.403. The molecule has 3 rings (SSSR count). The van der Waals surface area contributed by atoms with Crippen molar-refractivity contribution in [1.82, 2.24) is 9.97 Å². The highest BCUT2D eigenvalue weighted by Crippen LogP contribution is 2.30. The van der Waals surface area contributed by atoms with Gasteiger partial charge in [0.25, 0.3) is 0 Å². The van der Waals surface area contributed by atoms with Crippen molar-refractivity contribution >= 4 is 17.5 Å². The smallest absolute Gasteiger partial charge is 0.416 e. The Labute approximate surface area is 205 Å². The molecule has 1 aromatic heterocycles. The number of nitrogens with zero attached hydrogens (tertiary/aromatic N) is 3. The lowest BCUT2D eigenvalue weighted by Crippen LogP contribution is -2.36. The third-order valence-corrected chi connectivity index (χ3v) is 5.01. The van der Waals surface area contributed by atoms with Crippen molar-refractivity contribution < 1.29 is 27.4 Å². The third kappa shape index (κ3) is 7.16. The molecule has 11 heteroatoms. The van der Waals surface area contributed by atoms with Crippen LogP contribution in [0.2, 0.25) is 0 Å². The van der Waals surface area contributed by atoms with E-state index in [-0.39, 0.29) is 55.0 Å². The van der Waals surface area contributed by atoms with Crippen molar-refractivity contribution in [3.05, 3.63) is 76.9 Å². The van der Waals surface area contributed by atoms with Crippen LogP contribution in [0.3, 0.4) is 0 Å². The van der Waals surface area contributed by atoms with Gasteiger partial charge < -0.3 is 20.5 Å². The van der Waals surface area contributed by atoms with Crippen LogP contribution in [-0.4, -0.2) is 35.0 Å². The molecule has 1 atom stereocenters. The summed E-state index contributed by atoms with van der Waals surface area (Å²) >= 11 is 0. The van der Waals surface area contributed by atoms with E-state index in [2.05, 4.69) is 15.3 Å². The third-order valence-electron chi connectivity index (χ3n) is 5.01. The van der Waals surface area contributed by atoms with Crippen LogP contribution in [0.15, 0.2) is 54.6 Å². The number of anilines is 2. The standard InChI is InChI=1S/C25H24F3N5O3/c1-2-36-23-19(13-29)22(32-24(30)33-23)31-20(15-35-14-16-7-4-3-5-8-16)21(34)12-17-9-6-10-18(11-17)25(26,27)28/h3-11,20H,2,12,14-15H2,1H3,(H3,30,31,32,33)/t20-/m0/s1. The van der Waals surface area contributed by atoms with Gasteiger partial charge in [-0.3, -0.25) is 4.79 Å². The molecule has 0 aliphatic heterocycles. The number of halogens is 3. The highest BCUT2D eigenvalue weighted by Gasteiger charge is 2.31. The number of rotatable bonds is 11. The van der Waals surface area contributed by atoms with E-state index in [9.17, 15) is 23.2 Å². The van der Waals surface area contributed by atoms with Crippen molar-refractivity contribution in [2.24, 2.45) is 0 Å². The van der Waals surface area contributed by atoms with Crippen LogP contribution in [0, 0.1) is 11.3 Å². The second kappa shape index (κ2) is 12.0. The van der Waals surface area contributed by atoms with E-state index in [1.165, 1.54) is 12.1 Å². The van der Waals surface area contributed by atoms with E-state index in [0.717, 1.165) is 17.7 Å². The van der Waals surface area contributed by atoms with Crippen LogP contribution >= 0.6 is 0 Å². The van der Waals surface area contributed by atoms with Gasteiger partial charge in [0.1, 0.15) is 12.1 Å². The van der Waals surface area contributed by atoms with Gasteiger partial charge in [-0.1, -0.05) is 48.5 Å². The number of ether oxygens (including phenoxy) is 2. The number of Topliss-reactive ketones (excluding diaryl/α,β-unsaturated/α-hetero) is 1. The number of alkyl halides is 3. The minimum atomic E-state index is -4.54. The summed E-state index contributed by atoms with van der Waals surface area (Å²) in [6.07, 6.45) is -4.84. The van der Waals surface area contributed by atoms with Gasteiger partial charge in [0.2, 0.25) is 11.8 Å². The molecule has 0 aliphatic rings. The van der Waals surface area contributed by atoms with Crippen LogP contribution in [0.1, 0.15) is 29.2 Å². The first-order valence-corrected chi connectivity index (χ1v) is 11.0. The van der Waals surface area contributed by atoms with Gasteiger partial charge in [-0.2, -0.15) is 28.4 Å². The molecule has 8 nitrogen and oxygen atoms in total. The molecule has 0 saturated heterocycles. The van der Waals surface area contributed by atoms with Gasteiger partial charge >= 0.3 is 6.18 Å². The molecule has 36 heavy (non-hydrogen) atoms. The lowest BCUT2D eigenvalue weighted by atomic mass is 10.0.